The van der Waals surface area contributed by atoms with Gasteiger partial charge in [0, 0.05) is 44.0 Å². The van der Waals surface area contributed by atoms with Crippen LogP contribution < -0.4 is 9.64 Å². The zero-order valence-corrected chi connectivity index (χ0v) is 15.7. The average Bonchev–Trinajstić information content (AvgIpc) is 2.74. The van der Waals surface area contributed by atoms with Crippen molar-refractivity contribution in [3.8, 4) is 5.75 Å². The first-order valence-corrected chi connectivity index (χ1v) is 9.04. The quantitative estimate of drug-likeness (QED) is 0.538. The second-order valence-electron chi connectivity index (χ2n) is 6.49. The first kappa shape index (κ1) is 19.6. The van der Waals surface area contributed by atoms with E-state index >= 15 is 0 Å². The number of benzene rings is 2. The molecule has 1 aliphatic heterocycles. The predicted molar refractivity (Wildman–Crippen MR) is 105 cm³/mol. The summed E-state index contributed by atoms with van der Waals surface area (Å²) in [6.07, 6.45) is 0. The first-order chi connectivity index (χ1) is 13.6. The molecule has 28 heavy (non-hydrogen) atoms. The molecule has 1 amide bonds. The molecule has 0 spiro atoms. The van der Waals surface area contributed by atoms with Crippen LogP contribution >= 0.6 is 0 Å². The molecule has 148 valence electrons. The molecule has 0 aliphatic carbocycles. The van der Waals surface area contributed by atoms with E-state index in [-0.39, 0.29) is 18.2 Å². The van der Waals surface area contributed by atoms with Crippen LogP contribution in [0.25, 0.3) is 0 Å². The fourth-order valence-corrected chi connectivity index (χ4v) is 3.13. The zero-order valence-electron chi connectivity index (χ0n) is 15.7. The number of rotatable bonds is 7. The van der Waals surface area contributed by atoms with Gasteiger partial charge in [0.1, 0.15) is 12.4 Å². The molecule has 0 atom stereocenters. The SMILES string of the molecule is COc1cccc(COCC(=O)N2CCN(c3cccc([N+](=O)[O-])c3)CC2)c1. The van der Waals surface area contributed by atoms with Gasteiger partial charge in [0.05, 0.1) is 18.6 Å². The molecule has 2 aromatic rings. The second-order valence-corrected chi connectivity index (χ2v) is 6.49. The lowest BCUT2D eigenvalue weighted by Crippen LogP contribution is -2.49. The number of nitrogens with zero attached hydrogens (tertiary/aromatic N) is 3. The molecule has 8 heteroatoms. The van der Waals surface area contributed by atoms with Crippen LogP contribution in [0.3, 0.4) is 0 Å². The van der Waals surface area contributed by atoms with Crippen LogP contribution in [0.15, 0.2) is 48.5 Å². The molecule has 0 N–H and O–H groups in total. The van der Waals surface area contributed by atoms with Crippen molar-refractivity contribution in [3.05, 3.63) is 64.2 Å². The van der Waals surface area contributed by atoms with Crippen molar-refractivity contribution in [2.24, 2.45) is 0 Å². The zero-order chi connectivity index (χ0) is 19.9. The summed E-state index contributed by atoms with van der Waals surface area (Å²) in [5.41, 5.74) is 1.82. The van der Waals surface area contributed by atoms with Crippen LogP contribution in [-0.2, 0) is 16.1 Å². The highest BCUT2D eigenvalue weighted by Gasteiger charge is 2.22. The number of non-ortho nitro benzene ring substituents is 1. The van der Waals surface area contributed by atoms with Gasteiger partial charge in [-0.05, 0) is 23.8 Å². The maximum Gasteiger partial charge on any atom is 0.271 e. The van der Waals surface area contributed by atoms with Gasteiger partial charge in [-0.2, -0.15) is 0 Å². The summed E-state index contributed by atoms with van der Waals surface area (Å²) in [7, 11) is 1.61. The lowest BCUT2D eigenvalue weighted by molar-refractivity contribution is -0.384. The minimum Gasteiger partial charge on any atom is -0.497 e. The number of nitro benzene ring substituents is 1. The van der Waals surface area contributed by atoms with Crippen molar-refractivity contribution < 1.29 is 19.2 Å². The molecule has 1 fully saturated rings. The number of hydrogen-bond acceptors (Lipinski definition) is 6. The molecule has 0 bridgehead atoms. The number of carbonyl (C=O) groups is 1. The Balaban J connectivity index is 1.46. The number of amides is 1. The van der Waals surface area contributed by atoms with Gasteiger partial charge in [-0.3, -0.25) is 14.9 Å². The normalized spacial score (nSPS) is 14.0. The van der Waals surface area contributed by atoms with Gasteiger partial charge >= 0.3 is 0 Å². The van der Waals surface area contributed by atoms with Crippen molar-refractivity contribution in [1.82, 2.24) is 4.90 Å². The second kappa shape index (κ2) is 9.18. The Morgan fingerprint density at radius 3 is 2.57 bits per heavy atom. The molecule has 1 aliphatic rings. The Bertz CT molecular complexity index is 834. The monoisotopic (exact) mass is 385 g/mol. The van der Waals surface area contributed by atoms with Crippen molar-refractivity contribution in [3.63, 3.8) is 0 Å². The van der Waals surface area contributed by atoms with Crippen LogP contribution in [0.1, 0.15) is 5.56 Å². The lowest BCUT2D eigenvalue weighted by Gasteiger charge is -2.36. The van der Waals surface area contributed by atoms with Gasteiger partial charge in [-0.1, -0.05) is 18.2 Å². The van der Waals surface area contributed by atoms with E-state index in [1.165, 1.54) is 6.07 Å². The highest BCUT2D eigenvalue weighted by atomic mass is 16.6. The van der Waals surface area contributed by atoms with Crippen molar-refractivity contribution in [1.29, 1.82) is 0 Å². The number of methoxy groups -OCH3 is 1. The maximum atomic E-state index is 12.4. The summed E-state index contributed by atoms with van der Waals surface area (Å²) < 4.78 is 10.7. The average molecular weight is 385 g/mol. The summed E-state index contributed by atoms with van der Waals surface area (Å²) in [5.74, 6) is 0.700. The third kappa shape index (κ3) is 4.98. The Morgan fingerprint density at radius 1 is 1.11 bits per heavy atom. The number of piperazine rings is 1. The van der Waals surface area contributed by atoms with Gasteiger partial charge in [0.2, 0.25) is 5.91 Å². The van der Waals surface area contributed by atoms with Gasteiger partial charge in [0.15, 0.2) is 0 Å². The minimum absolute atomic E-state index is 0.0218. The third-order valence-electron chi connectivity index (χ3n) is 4.67. The molecular formula is C20H23N3O5. The van der Waals surface area contributed by atoms with E-state index < -0.39 is 4.92 Å². The van der Waals surface area contributed by atoms with E-state index in [1.807, 2.05) is 35.2 Å². The molecule has 3 rings (SSSR count). The van der Waals surface area contributed by atoms with Crippen LogP contribution in [-0.4, -0.2) is 55.6 Å². The topological polar surface area (TPSA) is 85.2 Å². The molecule has 1 saturated heterocycles. The summed E-state index contributed by atoms with van der Waals surface area (Å²) >= 11 is 0. The van der Waals surface area contributed by atoms with Crippen LogP contribution in [0.5, 0.6) is 5.75 Å². The highest BCUT2D eigenvalue weighted by Crippen LogP contribution is 2.22. The lowest BCUT2D eigenvalue weighted by atomic mass is 10.2. The molecule has 0 unspecified atom stereocenters. The molecule has 0 radical (unpaired) electrons. The number of hydrogen-bond donors (Lipinski definition) is 0. The van der Waals surface area contributed by atoms with Gasteiger partial charge in [-0.25, -0.2) is 0 Å². The number of ether oxygens (including phenoxy) is 2. The Kier molecular flexibility index (Phi) is 6.44. The summed E-state index contributed by atoms with van der Waals surface area (Å²) in [6.45, 7) is 2.74. The Hall–Kier alpha value is -3.13. The summed E-state index contributed by atoms with van der Waals surface area (Å²) in [4.78, 5) is 26.7. The number of nitro groups is 1. The van der Waals surface area contributed by atoms with Crippen molar-refractivity contribution in [2.45, 2.75) is 6.61 Å². The molecule has 8 nitrogen and oxygen atoms in total. The first-order valence-electron chi connectivity index (χ1n) is 9.04. The van der Waals surface area contributed by atoms with E-state index in [2.05, 4.69) is 0 Å². The van der Waals surface area contributed by atoms with E-state index in [0.717, 1.165) is 17.0 Å². The molecular weight excluding hydrogens is 362 g/mol. The van der Waals surface area contributed by atoms with Crippen LogP contribution in [0.2, 0.25) is 0 Å². The summed E-state index contributed by atoms with van der Waals surface area (Å²) in [5, 5.41) is 10.9. The van der Waals surface area contributed by atoms with E-state index in [0.29, 0.717) is 32.8 Å². The van der Waals surface area contributed by atoms with E-state index in [9.17, 15) is 14.9 Å². The highest BCUT2D eigenvalue weighted by molar-refractivity contribution is 5.77. The van der Waals surface area contributed by atoms with Crippen LogP contribution in [0.4, 0.5) is 11.4 Å². The molecule has 0 aromatic heterocycles. The molecule has 2 aromatic carbocycles. The Morgan fingerprint density at radius 2 is 1.86 bits per heavy atom. The van der Waals surface area contributed by atoms with E-state index in [1.54, 1.807) is 24.1 Å². The number of anilines is 1. The third-order valence-corrected chi connectivity index (χ3v) is 4.67. The minimum atomic E-state index is -0.400. The largest absolute Gasteiger partial charge is 0.497 e. The maximum absolute atomic E-state index is 12.4. The fraction of sp³-hybridized carbons (Fsp3) is 0.350. The standard InChI is InChI=1S/C20H23N3O5/c1-27-19-7-2-4-16(12-19)14-28-15-20(24)22-10-8-21(9-11-22)17-5-3-6-18(13-17)23(25)26/h2-7,12-13H,8-11,14-15H2,1H3. The molecule has 1 heterocycles. The fourth-order valence-electron chi connectivity index (χ4n) is 3.13. The smallest absolute Gasteiger partial charge is 0.271 e. The number of carbonyl (C=O) groups excluding carboxylic acids is 1. The van der Waals surface area contributed by atoms with Gasteiger partial charge in [-0.15, -0.1) is 0 Å². The van der Waals surface area contributed by atoms with E-state index in [4.69, 9.17) is 9.47 Å². The van der Waals surface area contributed by atoms with Crippen LogP contribution in [0, 0.1) is 10.1 Å². The Labute approximate surface area is 163 Å². The van der Waals surface area contributed by atoms with Crippen molar-refractivity contribution in [2.75, 3.05) is 44.8 Å². The van der Waals surface area contributed by atoms with Crippen molar-refractivity contribution >= 4 is 17.3 Å². The van der Waals surface area contributed by atoms with Gasteiger partial charge < -0.3 is 19.3 Å². The van der Waals surface area contributed by atoms with Gasteiger partial charge in [0.25, 0.3) is 5.69 Å². The molecule has 0 saturated carbocycles. The summed E-state index contributed by atoms with van der Waals surface area (Å²) in [6, 6.07) is 14.1. The predicted octanol–water partition coefficient (Wildman–Crippen LogP) is 2.47.